The van der Waals surface area contributed by atoms with E-state index in [4.69, 9.17) is 23.6 Å². The minimum atomic E-state index is -0.923. The molecule has 2 aromatic heterocycles. The summed E-state index contributed by atoms with van der Waals surface area (Å²) in [4.78, 5) is 30.4. The smallest absolute Gasteiger partial charge is 0.346 e. The summed E-state index contributed by atoms with van der Waals surface area (Å²) in [5, 5.41) is 5.74. The van der Waals surface area contributed by atoms with Gasteiger partial charge in [-0.2, -0.15) is 9.78 Å². The number of carbonyl (C=O) groups excluding carboxylic acids is 1. The third-order valence-electron chi connectivity index (χ3n) is 5.86. The average molecular weight is 655 g/mol. The fourth-order valence-electron chi connectivity index (χ4n) is 3.99. The molecule has 3 aromatic carbocycles. The molecule has 9 nitrogen and oxygen atoms in total. The van der Waals surface area contributed by atoms with Crippen molar-refractivity contribution in [2.45, 2.75) is 13.0 Å². The maximum absolute atomic E-state index is 13.6. The summed E-state index contributed by atoms with van der Waals surface area (Å²) in [6, 6.07) is 17.8. The van der Waals surface area contributed by atoms with Crippen LogP contribution in [-0.4, -0.2) is 42.2 Å². The van der Waals surface area contributed by atoms with Crippen LogP contribution in [0.1, 0.15) is 12.5 Å². The highest BCUT2D eigenvalue weighted by Gasteiger charge is 2.21. The second kappa shape index (κ2) is 11.0. The largest absolute Gasteiger partial charge is 0.493 e. The zero-order valence-electron chi connectivity index (χ0n) is 21.0. The first kappa shape index (κ1) is 26.6. The zero-order valence-corrected chi connectivity index (χ0v) is 24.1. The molecule has 0 fully saturated rings. The number of nitrogens with zero attached hydrogens (tertiary/aromatic N) is 3. The molecule has 0 spiro atoms. The lowest BCUT2D eigenvalue weighted by atomic mass is 10.2. The summed E-state index contributed by atoms with van der Waals surface area (Å²) in [7, 11) is 2.76. The maximum atomic E-state index is 13.6. The molecular weight excluding hydrogens is 634 g/mol. The van der Waals surface area contributed by atoms with E-state index >= 15 is 0 Å². The first-order valence-corrected chi connectivity index (χ1v) is 13.2. The Morgan fingerprint density at radius 3 is 2.64 bits per heavy atom. The zero-order chi connectivity index (χ0) is 27.7. The van der Waals surface area contributed by atoms with Crippen molar-refractivity contribution < 1.29 is 23.4 Å². The molecule has 5 aromatic rings. The molecule has 2 heterocycles. The van der Waals surface area contributed by atoms with Crippen LogP contribution in [0.3, 0.4) is 0 Å². The van der Waals surface area contributed by atoms with Crippen LogP contribution in [0, 0.1) is 0 Å². The van der Waals surface area contributed by atoms with Crippen molar-refractivity contribution in [3.05, 3.63) is 85.5 Å². The van der Waals surface area contributed by atoms with Crippen molar-refractivity contribution in [3.8, 4) is 23.1 Å². The monoisotopic (exact) mass is 653 g/mol. The number of furan rings is 1. The number of carbonyl (C=O) groups is 1. The summed E-state index contributed by atoms with van der Waals surface area (Å²) < 4.78 is 25.0. The van der Waals surface area contributed by atoms with Gasteiger partial charge in [0, 0.05) is 19.9 Å². The van der Waals surface area contributed by atoms with Gasteiger partial charge in [0.25, 0.3) is 5.56 Å². The van der Waals surface area contributed by atoms with Crippen LogP contribution in [0.25, 0.3) is 33.5 Å². The highest BCUT2D eigenvalue weighted by Crippen LogP contribution is 2.35. The second-order valence-electron chi connectivity index (χ2n) is 8.42. The van der Waals surface area contributed by atoms with Crippen molar-refractivity contribution >= 4 is 65.9 Å². The van der Waals surface area contributed by atoms with Gasteiger partial charge in [-0.3, -0.25) is 4.79 Å². The molecule has 0 N–H and O–H groups in total. The van der Waals surface area contributed by atoms with E-state index in [9.17, 15) is 9.59 Å². The maximum Gasteiger partial charge on any atom is 0.346 e. The molecule has 0 radical (unpaired) electrons. The van der Waals surface area contributed by atoms with Crippen LogP contribution >= 0.6 is 31.9 Å². The van der Waals surface area contributed by atoms with Gasteiger partial charge < -0.3 is 18.6 Å². The number of methoxy groups -OCH3 is 2. The summed E-state index contributed by atoms with van der Waals surface area (Å²) in [6.07, 6.45) is 0.514. The molecule has 0 bridgehead atoms. The Morgan fingerprint density at radius 1 is 1.08 bits per heavy atom. The van der Waals surface area contributed by atoms with Gasteiger partial charge in [0.2, 0.25) is 5.82 Å². The van der Waals surface area contributed by atoms with E-state index in [0.717, 1.165) is 9.86 Å². The van der Waals surface area contributed by atoms with Gasteiger partial charge in [-0.1, -0.05) is 44.0 Å². The standard InChI is InChI=1S/C28H21Br2N3O6/c1-15(28(35)37-3)38-25-17(11-19(30)13-23(25)36-2)14-31-33-26(32-21-7-5-4-6-20(21)27(33)34)24-12-16-10-18(29)8-9-22(16)39-24/h4-15H,1-3H3/t15-/m0/s1. The number of hydrogen-bond donors (Lipinski definition) is 0. The summed E-state index contributed by atoms with van der Waals surface area (Å²) >= 11 is 6.93. The Morgan fingerprint density at radius 2 is 1.87 bits per heavy atom. The first-order valence-electron chi connectivity index (χ1n) is 11.7. The van der Waals surface area contributed by atoms with Crippen molar-refractivity contribution in [1.29, 1.82) is 0 Å². The van der Waals surface area contributed by atoms with Gasteiger partial charge in [0.05, 0.1) is 31.3 Å². The normalized spacial score (nSPS) is 12.2. The first-order chi connectivity index (χ1) is 18.8. The van der Waals surface area contributed by atoms with E-state index in [1.54, 1.807) is 43.3 Å². The van der Waals surface area contributed by atoms with Crippen molar-refractivity contribution in [1.82, 2.24) is 9.66 Å². The molecule has 0 aliphatic carbocycles. The van der Waals surface area contributed by atoms with Gasteiger partial charge in [0.15, 0.2) is 23.4 Å². The third kappa shape index (κ3) is 5.32. The van der Waals surface area contributed by atoms with Crippen LogP contribution in [0.4, 0.5) is 0 Å². The number of para-hydroxylation sites is 1. The fraction of sp³-hybridized carbons (Fsp3) is 0.143. The lowest BCUT2D eigenvalue weighted by molar-refractivity contribution is -0.147. The number of ether oxygens (including phenoxy) is 3. The molecule has 11 heteroatoms. The molecule has 198 valence electrons. The van der Waals surface area contributed by atoms with Crippen LogP contribution in [-0.2, 0) is 9.53 Å². The number of hydrogen-bond acceptors (Lipinski definition) is 8. The Labute approximate surface area is 239 Å². The molecule has 0 aliphatic rings. The van der Waals surface area contributed by atoms with Crippen molar-refractivity contribution in [2.75, 3.05) is 14.2 Å². The van der Waals surface area contributed by atoms with Gasteiger partial charge in [0.1, 0.15) is 5.58 Å². The van der Waals surface area contributed by atoms with Crippen molar-refractivity contribution in [2.24, 2.45) is 5.10 Å². The van der Waals surface area contributed by atoms with Gasteiger partial charge in [-0.25, -0.2) is 9.78 Å². The number of rotatable bonds is 7. The topological polar surface area (TPSA) is 105 Å². The Kier molecular flexibility index (Phi) is 7.53. The van der Waals surface area contributed by atoms with E-state index in [1.807, 2.05) is 24.3 Å². The number of esters is 1. The fourth-order valence-corrected chi connectivity index (χ4v) is 4.82. The Bertz CT molecular complexity index is 1810. The summed E-state index contributed by atoms with van der Waals surface area (Å²) in [6.45, 7) is 1.56. The Balaban J connectivity index is 1.69. The van der Waals surface area contributed by atoms with Gasteiger partial charge in [-0.05, 0) is 55.5 Å². The third-order valence-corrected chi connectivity index (χ3v) is 6.81. The molecule has 5 rings (SSSR count). The van der Waals surface area contributed by atoms with Gasteiger partial charge >= 0.3 is 5.97 Å². The molecule has 0 saturated carbocycles. The number of fused-ring (bicyclic) bond motifs is 2. The summed E-state index contributed by atoms with van der Waals surface area (Å²) in [5.41, 5.74) is 1.19. The lowest BCUT2D eigenvalue weighted by Gasteiger charge is -2.17. The molecule has 0 aliphatic heterocycles. The molecular formula is C28H21Br2N3O6. The molecule has 0 unspecified atom stereocenters. The highest BCUT2D eigenvalue weighted by molar-refractivity contribution is 9.10. The predicted octanol–water partition coefficient (Wildman–Crippen LogP) is 6.17. The molecule has 39 heavy (non-hydrogen) atoms. The van der Waals surface area contributed by atoms with E-state index in [-0.39, 0.29) is 17.1 Å². The van der Waals surface area contributed by atoms with Gasteiger partial charge in [-0.15, -0.1) is 0 Å². The number of aromatic nitrogens is 2. The van der Waals surface area contributed by atoms with E-state index in [2.05, 4.69) is 37.0 Å². The van der Waals surface area contributed by atoms with Crippen LogP contribution in [0.15, 0.2) is 83.9 Å². The molecule has 0 saturated heterocycles. The second-order valence-corrected chi connectivity index (χ2v) is 10.2. The lowest BCUT2D eigenvalue weighted by Crippen LogP contribution is -2.25. The predicted molar refractivity (Wildman–Crippen MR) is 155 cm³/mol. The van der Waals surface area contributed by atoms with E-state index in [1.165, 1.54) is 25.1 Å². The van der Waals surface area contributed by atoms with E-state index in [0.29, 0.717) is 38.0 Å². The minimum Gasteiger partial charge on any atom is -0.493 e. The summed E-state index contributed by atoms with van der Waals surface area (Å²) in [5.74, 6) is 0.630. The Hall–Kier alpha value is -3.96. The van der Waals surface area contributed by atoms with Crippen LogP contribution in [0.2, 0.25) is 0 Å². The number of halogens is 2. The SMILES string of the molecule is COC(=O)[C@H](C)Oc1c(C=Nn2c(-c3cc4cc(Br)ccc4o3)nc3ccccc3c2=O)cc(Br)cc1OC. The van der Waals surface area contributed by atoms with Crippen LogP contribution < -0.4 is 15.0 Å². The number of benzene rings is 3. The highest BCUT2D eigenvalue weighted by atomic mass is 79.9. The molecule has 0 amide bonds. The quantitative estimate of drug-likeness (QED) is 0.153. The minimum absolute atomic E-state index is 0.217. The molecule has 1 atom stereocenters. The average Bonchev–Trinajstić information content (AvgIpc) is 3.35. The van der Waals surface area contributed by atoms with E-state index < -0.39 is 12.1 Å². The van der Waals surface area contributed by atoms with Crippen molar-refractivity contribution in [3.63, 3.8) is 0 Å². The van der Waals surface area contributed by atoms with Crippen LogP contribution in [0.5, 0.6) is 11.5 Å².